The van der Waals surface area contributed by atoms with E-state index in [1.807, 2.05) is 42.2 Å². The van der Waals surface area contributed by atoms with Crippen LogP contribution in [0.15, 0.2) is 54.6 Å². The number of rotatable bonds is 5. The zero-order chi connectivity index (χ0) is 24.4. The molecule has 2 aromatic carbocycles. The fourth-order valence-electron chi connectivity index (χ4n) is 4.17. The van der Waals surface area contributed by atoms with E-state index in [9.17, 15) is 9.18 Å². The Kier molecular flexibility index (Phi) is 6.13. The zero-order valence-corrected chi connectivity index (χ0v) is 19.6. The maximum Gasteiger partial charge on any atom is 0.219 e. The summed E-state index contributed by atoms with van der Waals surface area (Å²) in [5, 5.41) is 11.2. The molecule has 35 heavy (non-hydrogen) atoms. The molecule has 0 atom stereocenters. The van der Waals surface area contributed by atoms with Crippen LogP contribution in [0.4, 0.5) is 21.7 Å². The number of hydrogen-bond donors (Lipinski definition) is 2. The highest BCUT2D eigenvalue weighted by molar-refractivity contribution is 5.93. The molecule has 2 aromatic heterocycles. The van der Waals surface area contributed by atoms with E-state index in [-0.39, 0.29) is 11.7 Å². The molecule has 0 saturated carbocycles. The number of benzene rings is 2. The molecule has 1 aliphatic rings. The van der Waals surface area contributed by atoms with Crippen molar-refractivity contribution in [2.24, 2.45) is 0 Å². The van der Waals surface area contributed by atoms with Gasteiger partial charge in [-0.2, -0.15) is 5.10 Å². The molecular weight excluding hydrogens is 445 g/mol. The molecule has 0 radical (unpaired) electrons. The molecule has 8 nitrogen and oxygen atoms in total. The molecule has 1 aliphatic heterocycles. The second-order valence-electron chi connectivity index (χ2n) is 8.54. The molecule has 0 aliphatic carbocycles. The van der Waals surface area contributed by atoms with Gasteiger partial charge in [-0.15, -0.1) is 0 Å². The van der Waals surface area contributed by atoms with Gasteiger partial charge in [-0.05, 0) is 25.1 Å². The Labute approximate surface area is 202 Å². The van der Waals surface area contributed by atoms with Crippen LogP contribution in [0.3, 0.4) is 0 Å². The fraction of sp³-hybridized carbons (Fsp3) is 0.231. The molecule has 1 amide bonds. The minimum atomic E-state index is -0.414. The molecule has 1 saturated heterocycles. The average molecular weight is 472 g/mol. The minimum Gasteiger partial charge on any atom is -0.368 e. The molecule has 0 spiro atoms. The van der Waals surface area contributed by atoms with E-state index in [1.165, 1.54) is 6.08 Å². The number of hydrogen-bond acceptors (Lipinski definition) is 6. The van der Waals surface area contributed by atoms with Gasteiger partial charge in [0.05, 0.1) is 5.52 Å². The van der Waals surface area contributed by atoms with Gasteiger partial charge >= 0.3 is 0 Å². The van der Waals surface area contributed by atoms with Gasteiger partial charge in [-0.3, -0.25) is 9.89 Å². The molecule has 3 heterocycles. The normalized spacial score (nSPS) is 14.4. The van der Waals surface area contributed by atoms with Crippen LogP contribution >= 0.6 is 0 Å². The van der Waals surface area contributed by atoms with E-state index < -0.39 is 5.83 Å². The number of halogens is 1. The Morgan fingerprint density at radius 3 is 2.51 bits per heavy atom. The Morgan fingerprint density at radius 1 is 1.06 bits per heavy atom. The lowest BCUT2D eigenvalue weighted by Gasteiger charge is -2.35. The van der Waals surface area contributed by atoms with Crippen molar-refractivity contribution < 1.29 is 9.18 Å². The van der Waals surface area contributed by atoms with Crippen LogP contribution in [0.25, 0.3) is 22.8 Å². The first-order chi connectivity index (χ1) is 17.0. The third kappa shape index (κ3) is 4.98. The van der Waals surface area contributed by atoms with Gasteiger partial charge in [-0.1, -0.05) is 30.3 Å². The summed E-state index contributed by atoms with van der Waals surface area (Å²) in [5.74, 6) is 1.10. The number of fused-ring (bicyclic) bond motifs is 1. The highest BCUT2D eigenvalue weighted by atomic mass is 19.1. The number of nitrogens with one attached hydrogen (secondary N) is 2. The predicted molar refractivity (Wildman–Crippen MR) is 136 cm³/mol. The van der Waals surface area contributed by atoms with Gasteiger partial charge in [0, 0.05) is 67.6 Å². The number of anilines is 3. The maximum atomic E-state index is 15.0. The van der Waals surface area contributed by atoms with Crippen molar-refractivity contribution in [3.8, 4) is 0 Å². The summed E-state index contributed by atoms with van der Waals surface area (Å²) in [7, 11) is 0. The van der Waals surface area contributed by atoms with Gasteiger partial charge < -0.3 is 15.1 Å². The molecular formula is C26H26FN7O. The van der Waals surface area contributed by atoms with Gasteiger partial charge in [0.25, 0.3) is 0 Å². The number of H-pyrrole nitrogens is 1. The van der Waals surface area contributed by atoms with Crippen LogP contribution in [-0.2, 0) is 4.79 Å². The number of aromatic amines is 1. The van der Waals surface area contributed by atoms with E-state index >= 15 is 0 Å². The number of aromatic nitrogens is 4. The molecule has 0 bridgehead atoms. The van der Waals surface area contributed by atoms with Crippen LogP contribution in [-0.4, -0.2) is 57.2 Å². The lowest BCUT2D eigenvalue weighted by atomic mass is 10.1. The standard InChI is InChI=1S/C26H26FN7O/c1-17-14-25(32-31-17)30-26-21-9-8-20(34-12-10-33(11-13-34)18(2)35)15-23(21)28-24(29-26)16-22(27)19-6-4-3-5-7-19/h3-9,14-16H,10-13H2,1-2H3,(H2,28,29,30,31,32)/b22-16-. The molecule has 5 rings (SSSR count). The van der Waals surface area contributed by atoms with E-state index in [4.69, 9.17) is 0 Å². The second-order valence-corrected chi connectivity index (χ2v) is 8.54. The largest absolute Gasteiger partial charge is 0.368 e. The minimum absolute atomic E-state index is 0.0945. The van der Waals surface area contributed by atoms with Crippen LogP contribution in [0, 0.1) is 6.92 Å². The van der Waals surface area contributed by atoms with Crippen LogP contribution in [0.1, 0.15) is 24.0 Å². The number of carbonyl (C=O) groups is 1. The summed E-state index contributed by atoms with van der Waals surface area (Å²) in [6.07, 6.45) is 1.34. The number of amides is 1. The van der Waals surface area contributed by atoms with Crippen molar-refractivity contribution in [2.45, 2.75) is 13.8 Å². The highest BCUT2D eigenvalue weighted by Gasteiger charge is 2.20. The summed E-state index contributed by atoms with van der Waals surface area (Å²) >= 11 is 0. The Morgan fingerprint density at radius 2 is 1.83 bits per heavy atom. The molecule has 2 N–H and O–H groups in total. The lowest BCUT2D eigenvalue weighted by Crippen LogP contribution is -2.48. The topological polar surface area (TPSA) is 90.0 Å². The summed E-state index contributed by atoms with van der Waals surface area (Å²) in [6.45, 7) is 6.35. The number of nitrogens with zero attached hydrogens (tertiary/aromatic N) is 5. The first-order valence-corrected chi connectivity index (χ1v) is 11.5. The van der Waals surface area contributed by atoms with Crippen LogP contribution < -0.4 is 10.2 Å². The first kappa shape index (κ1) is 22.5. The van der Waals surface area contributed by atoms with E-state index in [1.54, 1.807) is 31.2 Å². The Hall–Kier alpha value is -4.27. The fourth-order valence-corrected chi connectivity index (χ4v) is 4.17. The van der Waals surface area contributed by atoms with Crippen molar-refractivity contribution in [2.75, 3.05) is 36.4 Å². The maximum absolute atomic E-state index is 15.0. The molecule has 178 valence electrons. The third-order valence-electron chi connectivity index (χ3n) is 6.05. The van der Waals surface area contributed by atoms with Gasteiger partial charge in [0.15, 0.2) is 11.6 Å². The third-order valence-corrected chi connectivity index (χ3v) is 6.05. The van der Waals surface area contributed by atoms with Crippen molar-refractivity contribution >= 4 is 46.0 Å². The van der Waals surface area contributed by atoms with Crippen molar-refractivity contribution in [1.82, 2.24) is 25.1 Å². The monoisotopic (exact) mass is 471 g/mol. The Bertz CT molecular complexity index is 1390. The predicted octanol–water partition coefficient (Wildman–Crippen LogP) is 4.54. The average Bonchev–Trinajstić information content (AvgIpc) is 3.28. The zero-order valence-electron chi connectivity index (χ0n) is 19.6. The second kappa shape index (κ2) is 9.54. The van der Waals surface area contributed by atoms with E-state index in [2.05, 4.69) is 30.4 Å². The van der Waals surface area contributed by atoms with Gasteiger partial charge in [-0.25, -0.2) is 14.4 Å². The summed E-state index contributed by atoms with van der Waals surface area (Å²) in [5.41, 5.74) is 3.06. The molecule has 1 fully saturated rings. The summed E-state index contributed by atoms with van der Waals surface area (Å²) in [4.78, 5) is 25.0. The van der Waals surface area contributed by atoms with Crippen molar-refractivity contribution in [3.63, 3.8) is 0 Å². The molecule has 4 aromatic rings. The van der Waals surface area contributed by atoms with Crippen LogP contribution in [0.2, 0.25) is 0 Å². The summed E-state index contributed by atoms with van der Waals surface area (Å²) < 4.78 is 15.0. The van der Waals surface area contributed by atoms with Crippen molar-refractivity contribution in [3.05, 3.63) is 71.7 Å². The number of carbonyl (C=O) groups excluding carboxylic acids is 1. The number of aryl methyl sites for hydroxylation is 1. The lowest BCUT2D eigenvalue weighted by molar-refractivity contribution is -0.129. The smallest absolute Gasteiger partial charge is 0.219 e. The Balaban J connectivity index is 1.53. The van der Waals surface area contributed by atoms with Gasteiger partial charge in [0.1, 0.15) is 11.6 Å². The first-order valence-electron chi connectivity index (χ1n) is 11.5. The van der Waals surface area contributed by atoms with E-state index in [0.29, 0.717) is 35.8 Å². The van der Waals surface area contributed by atoms with Gasteiger partial charge in [0.2, 0.25) is 5.91 Å². The SMILES string of the molecule is CC(=O)N1CCN(c2ccc3c(Nc4cc(C)[nH]n4)nc(/C=C(\F)c4ccccc4)nc3c2)CC1. The van der Waals surface area contributed by atoms with E-state index in [0.717, 1.165) is 29.9 Å². The quantitative estimate of drug-likeness (QED) is 0.444. The summed E-state index contributed by atoms with van der Waals surface area (Å²) in [6, 6.07) is 16.7. The molecule has 0 unspecified atom stereocenters. The number of piperazine rings is 1. The van der Waals surface area contributed by atoms with Crippen LogP contribution in [0.5, 0.6) is 0 Å². The molecule has 9 heteroatoms. The van der Waals surface area contributed by atoms with Crippen molar-refractivity contribution in [1.29, 1.82) is 0 Å². The highest BCUT2D eigenvalue weighted by Crippen LogP contribution is 2.29.